The summed E-state index contributed by atoms with van der Waals surface area (Å²) in [7, 11) is 1.53. The summed E-state index contributed by atoms with van der Waals surface area (Å²) in [5.74, 6) is 0.00305. The largest absolute Gasteiger partial charge is 0.491 e. The van der Waals surface area contributed by atoms with Crippen molar-refractivity contribution in [3.8, 4) is 5.75 Å². The summed E-state index contributed by atoms with van der Waals surface area (Å²) in [4.78, 5) is 20.1. The predicted octanol–water partition coefficient (Wildman–Crippen LogP) is 5.25. The lowest BCUT2D eigenvalue weighted by Gasteiger charge is -2.14. The minimum atomic E-state index is -0.435. The molecule has 4 aromatic rings. The maximum atomic E-state index is 14.5. The molecule has 190 valence electrons. The van der Waals surface area contributed by atoms with E-state index < -0.39 is 5.82 Å². The van der Waals surface area contributed by atoms with E-state index in [1.54, 1.807) is 12.3 Å². The van der Waals surface area contributed by atoms with E-state index >= 15 is 0 Å². The quantitative estimate of drug-likeness (QED) is 0.315. The highest BCUT2D eigenvalue weighted by Crippen LogP contribution is 2.34. The van der Waals surface area contributed by atoms with Crippen molar-refractivity contribution >= 4 is 40.7 Å². The number of nitrogens with one attached hydrogen (secondary N) is 2. The zero-order valence-corrected chi connectivity index (χ0v) is 21.4. The topological polar surface area (TPSA) is 83.1 Å². The first-order valence-electron chi connectivity index (χ1n) is 12.3. The highest BCUT2D eigenvalue weighted by Gasteiger charge is 2.16. The molecule has 0 aliphatic carbocycles. The molecule has 7 nitrogen and oxygen atoms in total. The summed E-state index contributed by atoms with van der Waals surface area (Å²) < 4.78 is 20.3. The number of fused-ring (bicyclic) bond motifs is 1. The fourth-order valence-electron chi connectivity index (χ4n) is 4.29. The van der Waals surface area contributed by atoms with Crippen LogP contribution in [0.5, 0.6) is 5.75 Å². The van der Waals surface area contributed by atoms with Gasteiger partial charge in [-0.1, -0.05) is 17.8 Å². The van der Waals surface area contributed by atoms with Crippen LogP contribution >= 0.6 is 11.8 Å². The van der Waals surface area contributed by atoms with E-state index in [9.17, 15) is 9.18 Å². The first-order chi connectivity index (χ1) is 18.1. The number of hydrogen-bond donors (Lipinski definition) is 2. The number of aromatic nitrogens is 3. The van der Waals surface area contributed by atoms with E-state index in [1.807, 2.05) is 42.5 Å². The van der Waals surface area contributed by atoms with Crippen LogP contribution in [-0.2, 0) is 0 Å². The van der Waals surface area contributed by atoms with Gasteiger partial charge in [-0.15, -0.1) is 0 Å². The zero-order valence-electron chi connectivity index (χ0n) is 20.5. The standard InChI is InChI=1S/C28H28FN5O2S/c1-30-28(35)23-5-4-6-24(29)27(23)37-21-10-11-22-25(32-33-26(22)17-21)12-8-19-7-9-20(18-31-19)36-16-15-34-13-2-3-14-34/h4-12,17-18H,2-3,13-16H2,1H3,(H,30,35)(H,32,33)/b12-8+. The zero-order chi connectivity index (χ0) is 25.6. The molecule has 37 heavy (non-hydrogen) atoms. The fraction of sp³-hybridized carbons (Fsp3) is 0.250. The molecule has 3 heterocycles. The predicted molar refractivity (Wildman–Crippen MR) is 144 cm³/mol. The van der Waals surface area contributed by atoms with E-state index in [1.165, 1.54) is 43.8 Å². The molecule has 5 rings (SSSR count). The molecular weight excluding hydrogens is 489 g/mol. The van der Waals surface area contributed by atoms with Crippen LogP contribution in [0.2, 0.25) is 0 Å². The average Bonchev–Trinajstić information content (AvgIpc) is 3.59. The Labute approximate surface area is 219 Å². The van der Waals surface area contributed by atoms with E-state index in [4.69, 9.17) is 4.74 Å². The highest BCUT2D eigenvalue weighted by atomic mass is 32.2. The molecule has 1 aliphatic rings. The molecule has 2 aromatic heterocycles. The van der Waals surface area contributed by atoms with Crippen LogP contribution in [0, 0.1) is 5.82 Å². The molecule has 0 bridgehead atoms. The fourth-order valence-corrected chi connectivity index (χ4v) is 5.28. The number of likely N-dealkylation sites (tertiary alicyclic amines) is 1. The van der Waals surface area contributed by atoms with Crippen LogP contribution < -0.4 is 10.1 Å². The van der Waals surface area contributed by atoms with Gasteiger partial charge in [0.1, 0.15) is 18.2 Å². The Hall–Kier alpha value is -3.69. The lowest BCUT2D eigenvalue weighted by atomic mass is 10.2. The SMILES string of the molecule is CNC(=O)c1cccc(F)c1Sc1ccc2c(/C=C/c3ccc(OCCN4CCCC4)cn3)n[nH]c2c1. The number of benzene rings is 2. The van der Waals surface area contributed by atoms with Crippen molar-refractivity contribution in [3.63, 3.8) is 0 Å². The minimum absolute atomic E-state index is 0.287. The number of rotatable bonds is 9. The summed E-state index contributed by atoms with van der Waals surface area (Å²) in [5.41, 5.74) is 2.70. The number of carbonyl (C=O) groups is 1. The van der Waals surface area contributed by atoms with Crippen molar-refractivity contribution in [2.75, 3.05) is 33.3 Å². The third-order valence-corrected chi connectivity index (χ3v) is 7.38. The second-order valence-corrected chi connectivity index (χ2v) is 9.85. The molecule has 0 saturated carbocycles. The van der Waals surface area contributed by atoms with Gasteiger partial charge in [-0.2, -0.15) is 5.10 Å². The maximum Gasteiger partial charge on any atom is 0.252 e. The van der Waals surface area contributed by atoms with Crippen molar-refractivity contribution in [2.45, 2.75) is 22.6 Å². The Kier molecular flexibility index (Phi) is 7.82. The number of halogens is 1. The van der Waals surface area contributed by atoms with Crippen molar-refractivity contribution in [3.05, 3.63) is 77.5 Å². The Morgan fingerprint density at radius 2 is 2.05 bits per heavy atom. The molecule has 0 unspecified atom stereocenters. The number of nitrogens with zero attached hydrogens (tertiary/aromatic N) is 3. The van der Waals surface area contributed by atoms with Crippen LogP contribution in [0.1, 0.15) is 34.6 Å². The molecule has 1 amide bonds. The molecule has 1 aliphatic heterocycles. The second-order valence-electron chi connectivity index (χ2n) is 8.76. The average molecular weight is 518 g/mol. The van der Waals surface area contributed by atoms with E-state index in [0.29, 0.717) is 12.2 Å². The third-order valence-electron chi connectivity index (χ3n) is 6.27. The number of amides is 1. The van der Waals surface area contributed by atoms with Crippen LogP contribution in [0.15, 0.2) is 64.5 Å². The van der Waals surface area contributed by atoms with Crippen LogP contribution in [-0.4, -0.2) is 59.3 Å². The van der Waals surface area contributed by atoms with Crippen molar-refractivity contribution in [2.24, 2.45) is 0 Å². The van der Waals surface area contributed by atoms with Crippen molar-refractivity contribution in [1.29, 1.82) is 0 Å². The van der Waals surface area contributed by atoms with Gasteiger partial charge in [-0.3, -0.25) is 19.8 Å². The van der Waals surface area contributed by atoms with Crippen molar-refractivity contribution < 1.29 is 13.9 Å². The maximum absolute atomic E-state index is 14.5. The van der Waals surface area contributed by atoms with E-state index in [2.05, 4.69) is 25.4 Å². The van der Waals surface area contributed by atoms with Crippen molar-refractivity contribution in [1.82, 2.24) is 25.4 Å². The number of carbonyl (C=O) groups excluding carboxylic acids is 1. The first kappa shape index (κ1) is 25.0. The molecule has 1 fully saturated rings. The van der Waals surface area contributed by atoms with Crippen LogP contribution in [0.25, 0.3) is 23.1 Å². The van der Waals surface area contributed by atoms with Gasteiger partial charge in [-0.05, 0) is 80.5 Å². The van der Waals surface area contributed by atoms with E-state index in [0.717, 1.165) is 52.6 Å². The van der Waals surface area contributed by atoms with Gasteiger partial charge < -0.3 is 10.1 Å². The summed E-state index contributed by atoms with van der Waals surface area (Å²) in [6.45, 7) is 3.94. The number of pyridine rings is 1. The molecule has 1 saturated heterocycles. The Bertz CT molecular complexity index is 1410. The Morgan fingerprint density at radius 3 is 2.84 bits per heavy atom. The van der Waals surface area contributed by atoms with E-state index in [-0.39, 0.29) is 10.8 Å². The number of aromatic amines is 1. The summed E-state index contributed by atoms with van der Waals surface area (Å²) >= 11 is 1.21. The first-order valence-corrected chi connectivity index (χ1v) is 13.1. The van der Waals surface area contributed by atoms with Gasteiger partial charge in [0.05, 0.1) is 33.6 Å². The van der Waals surface area contributed by atoms with Crippen LogP contribution in [0.3, 0.4) is 0 Å². The summed E-state index contributed by atoms with van der Waals surface area (Å²) in [6.07, 6.45) is 8.11. The second kappa shape index (κ2) is 11.6. The lowest BCUT2D eigenvalue weighted by Crippen LogP contribution is -2.25. The highest BCUT2D eigenvalue weighted by molar-refractivity contribution is 7.99. The molecule has 9 heteroatoms. The summed E-state index contributed by atoms with van der Waals surface area (Å²) in [5, 5.41) is 10.9. The number of ether oxygens (including phenoxy) is 1. The number of hydrogen-bond acceptors (Lipinski definition) is 6. The molecular formula is C28H28FN5O2S. The monoisotopic (exact) mass is 517 g/mol. The molecule has 2 aromatic carbocycles. The number of H-pyrrole nitrogens is 1. The molecule has 2 N–H and O–H groups in total. The minimum Gasteiger partial charge on any atom is -0.491 e. The smallest absolute Gasteiger partial charge is 0.252 e. The van der Waals surface area contributed by atoms with Gasteiger partial charge in [0.25, 0.3) is 5.91 Å². The van der Waals surface area contributed by atoms with Gasteiger partial charge in [0, 0.05) is 23.9 Å². The third kappa shape index (κ3) is 6.00. The Morgan fingerprint density at radius 1 is 1.19 bits per heavy atom. The lowest BCUT2D eigenvalue weighted by molar-refractivity contribution is 0.0959. The van der Waals surface area contributed by atoms with Gasteiger partial charge in [-0.25, -0.2) is 4.39 Å². The van der Waals surface area contributed by atoms with Gasteiger partial charge >= 0.3 is 0 Å². The van der Waals surface area contributed by atoms with Gasteiger partial charge in [0.15, 0.2) is 0 Å². The molecule has 0 radical (unpaired) electrons. The van der Waals surface area contributed by atoms with Crippen LogP contribution in [0.4, 0.5) is 4.39 Å². The molecule has 0 atom stereocenters. The summed E-state index contributed by atoms with van der Waals surface area (Å²) in [6, 6.07) is 14.1. The Balaban J connectivity index is 1.24. The normalized spacial score (nSPS) is 14.0. The molecule has 0 spiro atoms. The van der Waals surface area contributed by atoms with Gasteiger partial charge in [0.2, 0.25) is 0 Å².